The minimum atomic E-state index is 0.148. The number of nitrogens with one attached hydrogen (secondary N) is 1. The molecule has 0 spiro atoms. The lowest BCUT2D eigenvalue weighted by Gasteiger charge is -2.15. The molecule has 0 aromatic carbocycles. The molecule has 0 aliphatic rings. The van der Waals surface area contributed by atoms with Crippen molar-refractivity contribution < 1.29 is 0 Å². The monoisotopic (exact) mass is 256 g/mol. The standard InChI is InChI=1S/C15H20N4/c1-2-12-6-7-14(18-11-12)10-15(19-16)9-13-5-3-4-8-17-13/h3-8,11,15,19H,2,9-10,16H2,1H3. The summed E-state index contributed by atoms with van der Waals surface area (Å²) in [5.74, 6) is 5.62. The zero-order valence-electron chi connectivity index (χ0n) is 11.2. The predicted octanol–water partition coefficient (Wildman–Crippen LogP) is 1.66. The van der Waals surface area contributed by atoms with Gasteiger partial charge in [0.25, 0.3) is 0 Å². The summed E-state index contributed by atoms with van der Waals surface area (Å²) in [6.07, 6.45) is 6.35. The van der Waals surface area contributed by atoms with E-state index < -0.39 is 0 Å². The highest BCUT2D eigenvalue weighted by atomic mass is 15.2. The minimum absolute atomic E-state index is 0.148. The number of nitrogens with zero attached hydrogens (tertiary/aromatic N) is 2. The molecule has 0 radical (unpaired) electrons. The summed E-state index contributed by atoms with van der Waals surface area (Å²) in [5, 5.41) is 0. The Morgan fingerprint density at radius 1 is 1.11 bits per heavy atom. The Balaban J connectivity index is 1.98. The van der Waals surface area contributed by atoms with Gasteiger partial charge in [-0.2, -0.15) is 0 Å². The smallest absolute Gasteiger partial charge is 0.0420 e. The van der Waals surface area contributed by atoms with E-state index in [0.717, 1.165) is 30.7 Å². The molecule has 4 heteroatoms. The van der Waals surface area contributed by atoms with Crippen LogP contribution < -0.4 is 11.3 Å². The number of nitrogens with two attached hydrogens (primary N) is 1. The van der Waals surface area contributed by atoms with Gasteiger partial charge in [-0.3, -0.25) is 21.2 Å². The molecule has 0 saturated carbocycles. The van der Waals surface area contributed by atoms with Crippen molar-refractivity contribution in [2.75, 3.05) is 0 Å². The lowest BCUT2D eigenvalue weighted by molar-refractivity contribution is 0.512. The summed E-state index contributed by atoms with van der Waals surface area (Å²) >= 11 is 0. The fourth-order valence-corrected chi connectivity index (χ4v) is 2.00. The third-order valence-electron chi connectivity index (χ3n) is 3.17. The number of rotatable bonds is 6. The molecule has 4 nitrogen and oxygen atoms in total. The van der Waals surface area contributed by atoms with Gasteiger partial charge in [0.2, 0.25) is 0 Å². The Kier molecular flexibility index (Phi) is 5.01. The van der Waals surface area contributed by atoms with Crippen LogP contribution in [0.3, 0.4) is 0 Å². The summed E-state index contributed by atoms with van der Waals surface area (Å²) in [4.78, 5) is 8.78. The summed E-state index contributed by atoms with van der Waals surface area (Å²) in [6, 6.07) is 10.3. The van der Waals surface area contributed by atoms with Crippen LogP contribution >= 0.6 is 0 Å². The highest BCUT2D eigenvalue weighted by molar-refractivity contribution is 5.15. The maximum Gasteiger partial charge on any atom is 0.0420 e. The number of hydrazine groups is 1. The topological polar surface area (TPSA) is 63.8 Å². The van der Waals surface area contributed by atoms with Gasteiger partial charge in [-0.1, -0.05) is 19.1 Å². The van der Waals surface area contributed by atoms with Gasteiger partial charge in [-0.05, 0) is 30.2 Å². The number of aromatic nitrogens is 2. The van der Waals surface area contributed by atoms with Crippen molar-refractivity contribution in [3.63, 3.8) is 0 Å². The number of pyridine rings is 2. The summed E-state index contributed by atoms with van der Waals surface area (Å²) < 4.78 is 0. The van der Waals surface area contributed by atoms with E-state index in [9.17, 15) is 0 Å². The van der Waals surface area contributed by atoms with Crippen molar-refractivity contribution in [3.05, 3.63) is 59.7 Å². The van der Waals surface area contributed by atoms with Crippen molar-refractivity contribution in [2.45, 2.75) is 32.2 Å². The van der Waals surface area contributed by atoms with E-state index in [4.69, 9.17) is 5.84 Å². The SMILES string of the molecule is CCc1ccc(CC(Cc2ccccn2)NN)nc1. The molecule has 1 unspecified atom stereocenters. The first-order chi connectivity index (χ1) is 9.31. The fraction of sp³-hybridized carbons (Fsp3) is 0.333. The first kappa shape index (κ1) is 13.6. The molecule has 100 valence electrons. The van der Waals surface area contributed by atoms with Crippen LogP contribution in [0.5, 0.6) is 0 Å². The van der Waals surface area contributed by atoms with Gasteiger partial charge >= 0.3 is 0 Å². The molecular weight excluding hydrogens is 236 g/mol. The van der Waals surface area contributed by atoms with Crippen LogP contribution in [0, 0.1) is 0 Å². The van der Waals surface area contributed by atoms with Gasteiger partial charge in [0, 0.05) is 42.7 Å². The normalized spacial score (nSPS) is 12.3. The van der Waals surface area contributed by atoms with Crippen molar-refractivity contribution in [1.29, 1.82) is 0 Å². The van der Waals surface area contributed by atoms with Gasteiger partial charge in [0.1, 0.15) is 0 Å². The van der Waals surface area contributed by atoms with Gasteiger partial charge in [0.05, 0.1) is 0 Å². The molecule has 0 aliphatic carbocycles. The van der Waals surface area contributed by atoms with Crippen LogP contribution in [0.25, 0.3) is 0 Å². The van der Waals surface area contributed by atoms with Crippen molar-refractivity contribution in [3.8, 4) is 0 Å². The predicted molar refractivity (Wildman–Crippen MR) is 76.4 cm³/mol. The average molecular weight is 256 g/mol. The molecule has 0 bridgehead atoms. The van der Waals surface area contributed by atoms with Crippen LogP contribution in [-0.2, 0) is 19.3 Å². The Labute approximate surface area is 114 Å². The molecular formula is C15H20N4. The van der Waals surface area contributed by atoms with E-state index in [-0.39, 0.29) is 6.04 Å². The van der Waals surface area contributed by atoms with Gasteiger partial charge < -0.3 is 0 Å². The fourth-order valence-electron chi connectivity index (χ4n) is 2.00. The summed E-state index contributed by atoms with van der Waals surface area (Å²) in [6.45, 7) is 2.13. The maximum atomic E-state index is 5.62. The van der Waals surface area contributed by atoms with Gasteiger partial charge in [-0.25, -0.2) is 0 Å². The zero-order valence-corrected chi connectivity index (χ0v) is 11.2. The molecule has 2 aromatic rings. The largest absolute Gasteiger partial charge is 0.271 e. The van der Waals surface area contributed by atoms with Crippen molar-refractivity contribution in [2.24, 2.45) is 5.84 Å². The summed E-state index contributed by atoms with van der Waals surface area (Å²) in [7, 11) is 0. The van der Waals surface area contributed by atoms with Crippen LogP contribution in [-0.4, -0.2) is 16.0 Å². The molecule has 2 rings (SSSR count). The Bertz CT molecular complexity index is 481. The number of hydrogen-bond acceptors (Lipinski definition) is 4. The van der Waals surface area contributed by atoms with Crippen LogP contribution in [0.1, 0.15) is 23.9 Å². The van der Waals surface area contributed by atoms with Gasteiger partial charge in [0.15, 0.2) is 0 Å². The highest BCUT2D eigenvalue weighted by Crippen LogP contribution is 2.07. The third-order valence-corrected chi connectivity index (χ3v) is 3.17. The molecule has 0 saturated heterocycles. The quantitative estimate of drug-likeness (QED) is 0.609. The van der Waals surface area contributed by atoms with Crippen LogP contribution in [0.15, 0.2) is 42.7 Å². The van der Waals surface area contributed by atoms with E-state index >= 15 is 0 Å². The first-order valence-corrected chi connectivity index (χ1v) is 6.61. The maximum absolute atomic E-state index is 5.62. The molecule has 0 aliphatic heterocycles. The van der Waals surface area contributed by atoms with E-state index in [1.165, 1.54) is 5.56 Å². The number of hydrogen-bond donors (Lipinski definition) is 2. The van der Waals surface area contributed by atoms with Crippen LogP contribution in [0.4, 0.5) is 0 Å². The third kappa shape index (κ3) is 4.12. The van der Waals surface area contributed by atoms with E-state index in [1.54, 1.807) is 6.20 Å². The Hall–Kier alpha value is -1.78. The zero-order chi connectivity index (χ0) is 13.5. The average Bonchev–Trinajstić information content (AvgIpc) is 2.48. The van der Waals surface area contributed by atoms with Crippen molar-refractivity contribution >= 4 is 0 Å². The lowest BCUT2D eigenvalue weighted by Crippen LogP contribution is -2.38. The second-order valence-electron chi connectivity index (χ2n) is 4.60. The minimum Gasteiger partial charge on any atom is -0.271 e. The van der Waals surface area contributed by atoms with Gasteiger partial charge in [-0.15, -0.1) is 0 Å². The van der Waals surface area contributed by atoms with Crippen molar-refractivity contribution in [1.82, 2.24) is 15.4 Å². The molecule has 3 N–H and O–H groups in total. The Morgan fingerprint density at radius 3 is 2.42 bits per heavy atom. The van der Waals surface area contributed by atoms with E-state index in [2.05, 4.69) is 34.5 Å². The Morgan fingerprint density at radius 2 is 1.89 bits per heavy atom. The molecule has 0 fully saturated rings. The molecule has 2 aromatic heterocycles. The molecule has 1 atom stereocenters. The molecule has 2 heterocycles. The molecule has 19 heavy (non-hydrogen) atoms. The second-order valence-corrected chi connectivity index (χ2v) is 4.60. The van der Waals surface area contributed by atoms with E-state index in [1.807, 2.05) is 24.4 Å². The first-order valence-electron chi connectivity index (χ1n) is 6.61. The number of aryl methyl sites for hydroxylation is 1. The molecule has 0 amide bonds. The van der Waals surface area contributed by atoms with E-state index in [0.29, 0.717) is 0 Å². The summed E-state index contributed by atoms with van der Waals surface area (Å²) in [5.41, 5.74) is 6.19. The van der Waals surface area contributed by atoms with Crippen LogP contribution in [0.2, 0.25) is 0 Å². The highest BCUT2D eigenvalue weighted by Gasteiger charge is 2.10. The lowest BCUT2D eigenvalue weighted by atomic mass is 10.0. The second kappa shape index (κ2) is 6.97.